The summed E-state index contributed by atoms with van der Waals surface area (Å²) in [5.41, 5.74) is 1.59. The molecule has 54 valence electrons. The standard InChI is InChI=1S/C7H10N2O/c1-6(8-10)7-3-4-9(2)5-7/h3-5,10H,1-2H3/b8-6-. The average molecular weight is 138 g/mol. The molecule has 10 heavy (non-hydrogen) atoms. The van der Waals surface area contributed by atoms with E-state index in [-0.39, 0.29) is 0 Å². The predicted molar refractivity (Wildman–Crippen MR) is 39.4 cm³/mol. The van der Waals surface area contributed by atoms with E-state index in [2.05, 4.69) is 5.16 Å². The molecule has 0 radical (unpaired) electrons. The van der Waals surface area contributed by atoms with Crippen LogP contribution in [-0.4, -0.2) is 15.5 Å². The first kappa shape index (κ1) is 6.86. The molecule has 0 aliphatic rings. The Labute approximate surface area is 59.6 Å². The number of aryl methyl sites for hydroxylation is 1. The van der Waals surface area contributed by atoms with Gasteiger partial charge in [-0.2, -0.15) is 0 Å². The summed E-state index contributed by atoms with van der Waals surface area (Å²) in [7, 11) is 1.92. The summed E-state index contributed by atoms with van der Waals surface area (Å²) in [6.07, 6.45) is 3.80. The molecule has 0 saturated carbocycles. The summed E-state index contributed by atoms with van der Waals surface area (Å²) >= 11 is 0. The van der Waals surface area contributed by atoms with Gasteiger partial charge in [-0.1, -0.05) is 5.16 Å². The quantitative estimate of drug-likeness (QED) is 0.353. The zero-order valence-electron chi connectivity index (χ0n) is 6.07. The van der Waals surface area contributed by atoms with Gasteiger partial charge in [0.05, 0.1) is 5.71 Å². The molecule has 0 fully saturated rings. The predicted octanol–water partition coefficient (Wildman–Crippen LogP) is 1.22. The van der Waals surface area contributed by atoms with Gasteiger partial charge in [0.15, 0.2) is 0 Å². The molecule has 0 aliphatic heterocycles. The molecule has 0 aliphatic carbocycles. The fourth-order valence-corrected chi connectivity index (χ4v) is 0.775. The summed E-state index contributed by atoms with van der Waals surface area (Å²) in [5.74, 6) is 0. The van der Waals surface area contributed by atoms with Crippen molar-refractivity contribution < 1.29 is 5.21 Å². The third-order valence-corrected chi connectivity index (χ3v) is 1.40. The van der Waals surface area contributed by atoms with Gasteiger partial charge in [0.1, 0.15) is 0 Å². The Kier molecular flexibility index (Phi) is 1.76. The molecule has 3 heteroatoms. The molecular formula is C7H10N2O. The topological polar surface area (TPSA) is 37.5 Å². The highest BCUT2D eigenvalue weighted by molar-refractivity contribution is 5.98. The second-order valence-electron chi connectivity index (χ2n) is 2.25. The lowest BCUT2D eigenvalue weighted by molar-refractivity contribution is 0.319. The van der Waals surface area contributed by atoms with E-state index in [1.807, 2.05) is 30.1 Å². The van der Waals surface area contributed by atoms with Crippen LogP contribution in [0.3, 0.4) is 0 Å². The Balaban J connectivity index is 2.95. The van der Waals surface area contributed by atoms with Crippen LogP contribution in [0.15, 0.2) is 23.6 Å². The maximum Gasteiger partial charge on any atom is 0.0852 e. The van der Waals surface area contributed by atoms with E-state index in [0.29, 0.717) is 5.71 Å². The monoisotopic (exact) mass is 138 g/mol. The number of hydrogen-bond donors (Lipinski definition) is 1. The Hall–Kier alpha value is -1.25. The molecule has 3 nitrogen and oxygen atoms in total. The normalized spacial score (nSPS) is 12.0. The summed E-state index contributed by atoms with van der Waals surface area (Å²) < 4.78 is 1.91. The van der Waals surface area contributed by atoms with Crippen molar-refractivity contribution in [2.75, 3.05) is 0 Å². The van der Waals surface area contributed by atoms with E-state index in [1.165, 1.54) is 0 Å². The van der Waals surface area contributed by atoms with Gasteiger partial charge in [-0.05, 0) is 13.0 Å². The smallest absolute Gasteiger partial charge is 0.0852 e. The zero-order valence-corrected chi connectivity index (χ0v) is 6.07. The second kappa shape index (κ2) is 2.56. The van der Waals surface area contributed by atoms with E-state index in [1.54, 1.807) is 6.92 Å². The molecule has 0 bridgehead atoms. The van der Waals surface area contributed by atoms with Gasteiger partial charge < -0.3 is 9.77 Å². The van der Waals surface area contributed by atoms with E-state index < -0.39 is 0 Å². The molecule has 1 aromatic heterocycles. The first-order chi connectivity index (χ1) is 4.74. The van der Waals surface area contributed by atoms with E-state index in [0.717, 1.165) is 5.56 Å². The van der Waals surface area contributed by atoms with Gasteiger partial charge in [-0.3, -0.25) is 0 Å². The fourth-order valence-electron chi connectivity index (χ4n) is 0.775. The second-order valence-corrected chi connectivity index (χ2v) is 2.25. The Morgan fingerprint density at radius 1 is 1.70 bits per heavy atom. The molecule has 1 N–H and O–H groups in total. The van der Waals surface area contributed by atoms with Crippen molar-refractivity contribution in [1.29, 1.82) is 0 Å². The fraction of sp³-hybridized carbons (Fsp3) is 0.286. The minimum Gasteiger partial charge on any atom is -0.411 e. The van der Waals surface area contributed by atoms with Crippen LogP contribution in [-0.2, 0) is 7.05 Å². The van der Waals surface area contributed by atoms with Crippen LogP contribution < -0.4 is 0 Å². The highest BCUT2D eigenvalue weighted by Gasteiger charge is 1.96. The Morgan fingerprint density at radius 3 is 2.80 bits per heavy atom. The molecule has 1 aromatic rings. The van der Waals surface area contributed by atoms with Crippen LogP contribution in [0.2, 0.25) is 0 Å². The maximum atomic E-state index is 8.38. The molecular weight excluding hydrogens is 128 g/mol. The molecule has 0 amide bonds. The third kappa shape index (κ3) is 1.18. The number of rotatable bonds is 1. The van der Waals surface area contributed by atoms with Gasteiger partial charge in [0, 0.05) is 25.0 Å². The minimum absolute atomic E-state index is 0.639. The van der Waals surface area contributed by atoms with Crippen molar-refractivity contribution >= 4 is 5.71 Å². The molecule has 0 spiro atoms. The Bertz CT molecular complexity index is 250. The first-order valence-electron chi connectivity index (χ1n) is 3.05. The minimum atomic E-state index is 0.639. The summed E-state index contributed by atoms with van der Waals surface area (Å²) in [4.78, 5) is 0. The van der Waals surface area contributed by atoms with Crippen molar-refractivity contribution in [3.05, 3.63) is 24.0 Å². The average Bonchev–Trinajstić information content (AvgIpc) is 2.34. The van der Waals surface area contributed by atoms with Crippen LogP contribution in [0.4, 0.5) is 0 Å². The summed E-state index contributed by atoms with van der Waals surface area (Å²) in [6.45, 7) is 1.76. The SMILES string of the molecule is C/C(=N/O)c1ccn(C)c1. The number of oxime groups is 1. The van der Waals surface area contributed by atoms with Crippen molar-refractivity contribution in [2.24, 2.45) is 12.2 Å². The zero-order chi connectivity index (χ0) is 7.56. The lowest BCUT2D eigenvalue weighted by atomic mass is 10.2. The highest BCUT2D eigenvalue weighted by Crippen LogP contribution is 2.00. The number of hydrogen-bond acceptors (Lipinski definition) is 2. The van der Waals surface area contributed by atoms with Crippen LogP contribution in [0.5, 0.6) is 0 Å². The molecule has 0 atom stereocenters. The molecule has 0 aromatic carbocycles. The van der Waals surface area contributed by atoms with Gasteiger partial charge in [-0.25, -0.2) is 0 Å². The molecule has 1 heterocycles. The third-order valence-electron chi connectivity index (χ3n) is 1.40. The number of aromatic nitrogens is 1. The van der Waals surface area contributed by atoms with Gasteiger partial charge in [0.25, 0.3) is 0 Å². The largest absolute Gasteiger partial charge is 0.411 e. The van der Waals surface area contributed by atoms with Gasteiger partial charge in [0.2, 0.25) is 0 Å². The van der Waals surface area contributed by atoms with Crippen molar-refractivity contribution in [3.63, 3.8) is 0 Å². The van der Waals surface area contributed by atoms with Crippen molar-refractivity contribution in [3.8, 4) is 0 Å². The van der Waals surface area contributed by atoms with Crippen LogP contribution in [0, 0.1) is 0 Å². The van der Waals surface area contributed by atoms with E-state index in [9.17, 15) is 0 Å². The van der Waals surface area contributed by atoms with Gasteiger partial charge >= 0.3 is 0 Å². The molecule has 0 saturated heterocycles. The van der Waals surface area contributed by atoms with Crippen LogP contribution >= 0.6 is 0 Å². The number of nitrogens with zero attached hydrogens (tertiary/aromatic N) is 2. The molecule has 1 rings (SSSR count). The van der Waals surface area contributed by atoms with Crippen LogP contribution in [0.1, 0.15) is 12.5 Å². The molecule has 0 unspecified atom stereocenters. The lowest BCUT2D eigenvalue weighted by Gasteiger charge is -1.89. The van der Waals surface area contributed by atoms with Crippen LogP contribution in [0.25, 0.3) is 0 Å². The maximum absolute atomic E-state index is 8.38. The van der Waals surface area contributed by atoms with Gasteiger partial charge in [-0.15, -0.1) is 0 Å². The van der Waals surface area contributed by atoms with E-state index in [4.69, 9.17) is 5.21 Å². The summed E-state index contributed by atoms with van der Waals surface area (Å²) in [5, 5.41) is 11.5. The first-order valence-corrected chi connectivity index (χ1v) is 3.05. The van der Waals surface area contributed by atoms with E-state index >= 15 is 0 Å². The Morgan fingerprint density at radius 2 is 2.40 bits per heavy atom. The summed E-state index contributed by atoms with van der Waals surface area (Å²) in [6, 6.07) is 1.90. The van der Waals surface area contributed by atoms with Crippen molar-refractivity contribution in [2.45, 2.75) is 6.92 Å². The lowest BCUT2D eigenvalue weighted by Crippen LogP contribution is -1.91. The van der Waals surface area contributed by atoms with Crippen molar-refractivity contribution in [1.82, 2.24) is 4.57 Å². The highest BCUT2D eigenvalue weighted by atomic mass is 16.4.